The molecular weight excluding hydrogens is 690 g/mol. The zero-order chi connectivity index (χ0) is 39.8. The second-order valence-electron chi connectivity index (χ2n) is 15.8. The fourth-order valence-electron chi connectivity index (χ4n) is 7.09. The van der Waals surface area contributed by atoms with Gasteiger partial charge in [-0.2, -0.15) is 0 Å². The first-order valence-corrected chi connectivity index (χ1v) is 22.1. The van der Waals surface area contributed by atoms with Crippen molar-refractivity contribution in [1.29, 1.82) is 0 Å². The molecule has 9 unspecified atom stereocenters. The van der Waals surface area contributed by atoms with E-state index in [1.54, 1.807) is 0 Å². The molecule has 1 amide bonds. The van der Waals surface area contributed by atoms with Gasteiger partial charge < -0.3 is 50.5 Å². The molecule has 0 radical (unpaired) electrons. The highest BCUT2D eigenvalue weighted by molar-refractivity contribution is 5.80. The highest BCUT2D eigenvalue weighted by atomic mass is 16.7. The van der Waals surface area contributed by atoms with Crippen molar-refractivity contribution in [2.24, 2.45) is 0 Å². The fraction of sp³-hybridized carbons (Fsp3) is 0.930. The average Bonchev–Trinajstić information content (AvgIpc) is 3.17. The quantitative estimate of drug-likeness (QED) is 0.0258. The predicted molar refractivity (Wildman–Crippen MR) is 215 cm³/mol. The molecule has 0 aromatic heterocycles. The Balaban J connectivity index is 2.43. The SMILES string of the molecule is CCCCCC/C=C/CCCC(O)C(O)C(COC1OC(CO)C(O)C(O)C1O)NC(=O)C(O)CCCCCCCCCCCCCCCCCCCC. The molecule has 0 aromatic rings. The van der Waals surface area contributed by atoms with Crippen molar-refractivity contribution in [1.82, 2.24) is 5.32 Å². The first kappa shape index (κ1) is 50.9. The third kappa shape index (κ3) is 23.8. The normalized spacial score (nSPS) is 22.7. The maximum absolute atomic E-state index is 13.0. The molecule has 11 heteroatoms. The van der Waals surface area contributed by atoms with Gasteiger partial charge in [-0.15, -0.1) is 0 Å². The Bertz CT molecular complexity index is 892. The number of allylic oxidation sites excluding steroid dienone is 2. The Kier molecular flexibility index (Phi) is 32.0. The van der Waals surface area contributed by atoms with Crippen LogP contribution in [0, 0.1) is 0 Å². The van der Waals surface area contributed by atoms with E-state index in [1.807, 2.05) is 0 Å². The molecule has 0 bridgehead atoms. The van der Waals surface area contributed by atoms with Crippen LogP contribution in [-0.2, 0) is 14.3 Å². The Labute approximate surface area is 328 Å². The topological polar surface area (TPSA) is 189 Å². The molecule has 1 aliphatic heterocycles. The van der Waals surface area contributed by atoms with Crippen LogP contribution >= 0.6 is 0 Å². The highest BCUT2D eigenvalue weighted by Gasteiger charge is 2.44. The van der Waals surface area contributed by atoms with Crippen molar-refractivity contribution in [2.45, 2.75) is 242 Å². The van der Waals surface area contributed by atoms with Crippen LogP contribution < -0.4 is 5.32 Å². The van der Waals surface area contributed by atoms with E-state index in [0.717, 1.165) is 38.5 Å². The van der Waals surface area contributed by atoms with E-state index >= 15 is 0 Å². The standard InChI is InChI=1S/C43H83NO10/c1-3-5-7-9-11-13-14-15-16-17-18-19-20-21-23-25-27-29-31-36(47)42(52)44-34(33-53-43-41(51)40(50)39(49)37(32-45)54-43)38(48)35(46)30-28-26-24-22-12-10-8-6-4-2/h22,24,34-41,43,45-51H,3-21,23,25-33H2,1-2H3,(H,44,52)/b24-22+. The number of carbonyl (C=O) groups is 1. The Hall–Kier alpha value is -1.15. The molecule has 1 saturated heterocycles. The number of ether oxygens (including phenoxy) is 2. The summed E-state index contributed by atoms with van der Waals surface area (Å²) in [6.45, 7) is 3.37. The van der Waals surface area contributed by atoms with Crippen molar-refractivity contribution < 1.29 is 50.0 Å². The lowest BCUT2D eigenvalue weighted by atomic mass is 9.98. The number of hydrogen-bond acceptors (Lipinski definition) is 10. The molecule has 8 N–H and O–H groups in total. The van der Waals surface area contributed by atoms with Crippen LogP contribution in [0.4, 0.5) is 0 Å². The molecule has 9 atom stereocenters. The van der Waals surface area contributed by atoms with Crippen LogP contribution in [0.5, 0.6) is 0 Å². The lowest BCUT2D eigenvalue weighted by molar-refractivity contribution is -0.303. The number of nitrogens with one attached hydrogen (secondary N) is 1. The van der Waals surface area contributed by atoms with Gasteiger partial charge in [0.05, 0.1) is 25.4 Å². The monoisotopic (exact) mass is 774 g/mol. The summed E-state index contributed by atoms with van der Waals surface area (Å²) in [7, 11) is 0. The third-order valence-electron chi connectivity index (χ3n) is 10.8. The number of hydrogen-bond donors (Lipinski definition) is 8. The maximum atomic E-state index is 13.0. The molecule has 1 rings (SSSR count). The highest BCUT2D eigenvalue weighted by Crippen LogP contribution is 2.23. The molecule has 11 nitrogen and oxygen atoms in total. The summed E-state index contributed by atoms with van der Waals surface area (Å²) < 4.78 is 11.0. The average molecular weight is 774 g/mol. The molecule has 0 aromatic carbocycles. The van der Waals surface area contributed by atoms with Crippen molar-refractivity contribution in [2.75, 3.05) is 13.2 Å². The number of amides is 1. The summed E-state index contributed by atoms with van der Waals surface area (Å²) in [4.78, 5) is 13.0. The van der Waals surface area contributed by atoms with Gasteiger partial charge in [-0.05, 0) is 38.5 Å². The molecule has 1 heterocycles. The van der Waals surface area contributed by atoms with E-state index in [9.17, 15) is 40.5 Å². The van der Waals surface area contributed by atoms with E-state index in [1.165, 1.54) is 109 Å². The van der Waals surface area contributed by atoms with Gasteiger partial charge in [0.1, 0.15) is 36.6 Å². The van der Waals surface area contributed by atoms with Crippen LogP contribution in [0.15, 0.2) is 12.2 Å². The number of rotatable bonds is 36. The van der Waals surface area contributed by atoms with Crippen molar-refractivity contribution >= 4 is 5.91 Å². The minimum absolute atomic E-state index is 0.258. The second kappa shape index (κ2) is 33.9. The largest absolute Gasteiger partial charge is 0.394 e. The van der Waals surface area contributed by atoms with E-state index in [4.69, 9.17) is 9.47 Å². The predicted octanol–water partition coefficient (Wildman–Crippen LogP) is 6.50. The summed E-state index contributed by atoms with van der Waals surface area (Å²) in [6, 6.07) is -1.18. The number of unbranched alkanes of at least 4 members (excludes halogenated alkanes) is 22. The molecule has 320 valence electrons. The van der Waals surface area contributed by atoms with Crippen molar-refractivity contribution in [3.63, 3.8) is 0 Å². The van der Waals surface area contributed by atoms with Gasteiger partial charge in [0, 0.05) is 0 Å². The van der Waals surface area contributed by atoms with Gasteiger partial charge in [0.25, 0.3) is 0 Å². The molecule has 0 aliphatic carbocycles. The molecule has 0 saturated carbocycles. The van der Waals surface area contributed by atoms with Crippen LogP contribution in [0.3, 0.4) is 0 Å². The number of aliphatic hydroxyl groups is 7. The minimum Gasteiger partial charge on any atom is -0.394 e. The van der Waals surface area contributed by atoms with Crippen molar-refractivity contribution in [3.8, 4) is 0 Å². The van der Waals surface area contributed by atoms with Crippen LogP contribution in [-0.4, -0.2) is 110 Å². The van der Waals surface area contributed by atoms with E-state index < -0.39 is 74.2 Å². The Morgan fingerprint density at radius 2 is 1.09 bits per heavy atom. The van der Waals surface area contributed by atoms with Crippen LogP contribution in [0.25, 0.3) is 0 Å². The fourth-order valence-corrected chi connectivity index (χ4v) is 7.09. The number of aliphatic hydroxyl groups excluding tert-OH is 7. The number of carbonyl (C=O) groups excluding carboxylic acids is 1. The first-order chi connectivity index (χ1) is 26.2. The molecule has 54 heavy (non-hydrogen) atoms. The zero-order valence-corrected chi connectivity index (χ0v) is 34.2. The smallest absolute Gasteiger partial charge is 0.249 e. The van der Waals surface area contributed by atoms with E-state index in [2.05, 4.69) is 31.3 Å². The van der Waals surface area contributed by atoms with Gasteiger partial charge in [-0.3, -0.25) is 4.79 Å². The molecule has 0 spiro atoms. The van der Waals surface area contributed by atoms with E-state index in [0.29, 0.717) is 12.8 Å². The van der Waals surface area contributed by atoms with Crippen molar-refractivity contribution in [3.05, 3.63) is 12.2 Å². The summed E-state index contributed by atoms with van der Waals surface area (Å²) >= 11 is 0. The lowest BCUT2D eigenvalue weighted by Gasteiger charge is -2.40. The second-order valence-corrected chi connectivity index (χ2v) is 15.8. The minimum atomic E-state index is -1.66. The Morgan fingerprint density at radius 1 is 0.630 bits per heavy atom. The maximum Gasteiger partial charge on any atom is 0.249 e. The van der Waals surface area contributed by atoms with Gasteiger partial charge >= 0.3 is 0 Å². The van der Waals surface area contributed by atoms with Crippen LogP contribution in [0.1, 0.15) is 187 Å². The van der Waals surface area contributed by atoms with Crippen LogP contribution in [0.2, 0.25) is 0 Å². The zero-order valence-electron chi connectivity index (χ0n) is 34.2. The summed E-state index contributed by atoms with van der Waals surface area (Å²) in [5.74, 6) is -0.707. The molecular formula is C43H83NO10. The van der Waals surface area contributed by atoms with E-state index in [-0.39, 0.29) is 12.8 Å². The summed E-state index contributed by atoms with van der Waals surface area (Å²) in [5.41, 5.74) is 0. The lowest BCUT2D eigenvalue weighted by Crippen LogP contribution is -2.60. The van der Waals surface area contributed by atoms with Gasteiger partial charge in [0.2, 0.25) is 5.91 Å². The van der Waals surface area contributed by atoms with Gasteiger partial charge in [-0.1, -0.05) is 161 Å². The molecule has 1 fully saturated rings. The Morgan fingerprint density at radius 3 is 1.59 bits per heavy atom. The summed E-state index contributed by atoms with van der Waals surface area (Å²) in [6.07, 6.45) is 22.8. The van der Waals surface area contributed by atoms with Gasteiger partial charge in [-0.25, -0.2) is 0 Å². The summed E-state index contributed by atoms with van der Waals surface area (Å²) in [5, 5.41) is 75.3. The third-order valence-corrected chi connectivity index (χ3v) is 10.8. The van der Waals surface area contributed by atoms with Gasteiger partial charge in [0.15, 0.2) is 6.29 Å². The first-order valence-electron chi connectivity index (χ1n) is 22.1. The molecule has 1 aliphatic rings.